The van der Waals surface area contributed by atoms with Crippen LogP contribution in [0.2, 0.25) is 6.82 Å². The number of nitrogens with zero attached hydrogens (tertiary/aromatic N) is 3. The summed E-state index contributed by atoms with van der Waals surface area (Å²) in [4.78, 5) is 7.79. The molecule has 1 saturated heterocycles. The number of piperazine rings is 1. The van der Waals surface area contributed by atoms with Crippen LogP contribution in [-0.4, -0.2) is 64.4 Å². The Morgan fingerprint density at radius 3 is 2.38 bits per heavy atom. The minimum atomic E-state index is -1.15. The van der Waals surface area contributed by atoms with E-state index in [0.29, 0.717) is 26.2 Å². The van der Waals surface area contributed by atoms with E-state index < -0.39 is 25.1 Å². The summed E-state index contributed by atoms with van der Waals surface area (Å²) < 4.78 is 14.2. The summed E-state index contributed by atoms with van der Waals surface area (Å²) in [6, 6.07) is 1.21. The van der Waals surface area contributed by atoms with E-state index in [9.17, 15) is 19.6 Å². The van der Waals surface area contributed by atoms with Crippen LogP contribution in [-0.2, 0) is 0 Å². The lowest BCUT2D eigenvalue weighted by molar-refractivity contribution is 0.0301. The highest BCUT2D eigenvalue weighted by Crippen LogP contribution is 2.23. The van der Waals surface area contributed by atoms with E-state index >= 15 is 0 Å². The van der Waals surface area contributed by atoms with Crippen LogP contribution in [0.5, 0.6) is 0 Å². The van der Waals surface area contributed by atoms with E-state index in [0.717, 1.165) is 0 Å². The standard InChI is InChI=1S/C13H21BFN3O3/c1-9(19)12(20)10-7-11(15)13(16-8-10)17-3-5-18(6-4-17)14(2)21/h7-9,12,19-21H,3-6H2,1-2H3/t9-,12+/m0/s1. The molecule has 0 spiro atoms. The highest BCUT2D eigenvalue weighted by atomic mass is 19.1. The van der Waals surface area contributed by atoms with Gasteiger partial charge in [-0.25, -0.2) is 9.37 Å². The number of rotatable bonds is 4. The lowest BCUT2D eigenvalue weighted by atomic mass is 9.84. The summed E-state index contributed by atoms with van der Waals surface area (Å²) in [5.74, 6) is -0.278. The first-order chi connectivity index (χ1) is 9.90. The summed E-state index contributed by atoms with van der Waals surface area (Å²) in [7, 11) is -0.506. The van der Waals surface area contributed by atoms with Gasteiger partial charge in [0.05, 0.1) is 6.10 Å². The molecule has 2 rings (SSSR count). The van der Waals surface area contributed by atoms with Crippen molar-refractivity contribution >= 4 is 12.9 Å². The van der Waals surface area contributed by atoms with Gasteiger partial charge in [0.15, 0.2) is 11.6 Å². The molecule has 2 atom stereocenters. The summed E-state index contributed by atoms with van der Waals surface area (Å²) >= 11 is 0. The molecule has 0 bridgehead atoms. The summed E-state index contributed by atoms with van der Waals surface area (Å²) in [5.41, 5.74) is 0.258. The second-order valence-corrected chi connectivity index (χ2v) is 5.41. The molecule has 116 valence electrons. The van der Waals surface area contributed by atoms with Gasteiger partial charge >= 0.3 is 7.05 Å². The Morgan fingerprint density at radius 1 is 1.29 bits per heavy atom. The van der Waals surface area contributed by atoms with Gasteiger partial charge in [-0.05, 0) is 19.8 Å². The fraction of sp³-hybridized carbons (Fsp3) is 0.615. The Labute approximate surface area is 124 Å². The Kier molecular flexibility index (Phi) is 5.15. The molecule has 3 N–H and O–H groups in total. The molecule has 1 aliphatic rings. The number of anilines is 1. The molecule has 1 fully saturated rings. The van der Waals surface area contributed by atoms with Gasteiger partial charge in [0.25, 0.3) is 0 Å². The molecule has 0 amide bonds. The van der Waals surface area contributed by atoms with Crippen molar-refractivity contribution in [2.75, 3.05) is 31.1 Å². The van der Waals surface area contributed by atoms with Crippen LogP contribution in [0.4, 0.5) is 10.2 Å². The highest BCUT2D eigenvalue weighted by molar-refractivity contribution is 6.45. The molecule has 1 aromatic heterocycles. The van der Waals surface area contributed by atoms with Crippen LogP contribution >= 0.6 is 0 Å². The fourth-order valence-electron chi connectivity index (χ4n) is 2.43. The van der Waals surface area contributed by atoms with Gasteiger partial charge in [-0.1, -0.05) is 0 Å². The number of hydrogen-bond acceptors (Lipinski definition) is 6. The maximum absolute atomic E-state index is 14.2. The number of aliphatic hydroxyl groups is 2. The third kappa shape index (κ3) is 3.71. The van der Waals surface area contributed by atoms with Crippen LogP contribution < -0.4 is 4.90 Å². The van der Waals surface area contributed by atoms with Crippen molar-refractivity contribution in [2.45, 2.75) is 26.0 Å². The molecule has 2 heterocycles. The fourth-order valence-corrected chi connectivity index (χ4v) is 2.43. The number of pyridine rings is 1. The second kappa shape index (κ2) is 6.70. The van der Waals surface area contributed by atoms with Crippen molar-refractivity contribution in [2.24, 2.45) is 0 Å². The lowest BCUT2D eigenvalue weighted by Crippen LogP contribution is -2.51. The zero-order chi connectivity index (χ0) is 15.6. The van der Waals surface area contributed by atoms with E-state index in [4.69, 9.17) is 0 Å². The molecule has 0 saturated carbocycles. The van der Waals surface area contributed by atoms with E-state index in [1.54, 1.807) is 6.82 Å². The van der Waals surface area contributed by atoms with Gasteiger partial charge in [-0.3, -0.25) is 0 Å². The monoisotopic (exact) mass is 297 g/mol. The molecule has 0 unspecified atom stereocenters. The average molecular weight is 297 g/mol. The van der Waals surface area contributed by atoms with E-state index in [2.05, 4.69) is 4.98 Å². The maximum Gasteiger partial charge on any atom is 0.376 e. The first-order valence-electron chi connectivity index (χ1n) is 7.08. The Hall–Kier alpha value is -1.22. The second-order valence-electron chi connectivity index (χ2n) is 5.41. The van der Waals surface area contributed by atoms with Crippen molar-refractivity contribution in [3.05, 3.63) is 23.6 Å². The van der Waals surface area contributed by atoms with Crippen LogP contribution in [0, 0.1) is 5.82 Å². The molecule has 1 aliphatic heterocycles. The van der Waals surface area contributed by atoms with E-state index in [-0.39, 0.29) is 11.4 Å². The van der Waals surface area contributed by atoms with Crippen LogP contribution in [0.15, 0.2) is 12.3 Å². The zero-order valence-electron chi connectivity index (χ0n) is 12.3. The number of aliphatic hydroxyl groups excluding tert-OH is 2. The normalized spacial score (nSPS) is 19.4. The first kappa shape index (κ1) is 16.2. The molecular formula is C13H21BFN3O3. The van der Waals surface area contributed by atoms with Gasteiger partial charge in [-0.2, -0.15) is 0 Å². The Morgan fingerprint density at radius 2 is 1.90 bits per heavy atom. The summed E-state index contributed by atoms with van der Waals surface area (Å²) in [6.45, 7) is 5.57. The first-order valence-corrected chi connectivity index (χ1v) is 7.08. The summed E-state index contributed by atoms with van der Waals surface area (Å²) in [6.07, 6.45) is -0.739. The van der Waals surface area contributed by atoms with Crippen molar-refractivity contribution in [1.82, 2.24) is 9.79 Å². The third-order valence-corrected chi connectivity index (χ3v) is 3.78. The smallest absolute Gasteiger partial charge is 0.376 e. The van der Waals surface area contributed by atoms with Crippen molar-refractivity contribution < 1.29 is 19.6 Å². The molecule has 6 nitrogen and oxygen atoms in total. The molecule has 0 aromatic carbocycles. The molecule has 8 heteroatoms. The number of aromatic nitrogens is 1. The van der Waals surface area contributed by atoms with Crippen LogP contribution in [0.3, 0.4) is 0 Å². The van der Waals surface area contributed by atoms with Gasteiger partial charge in [0.1, 0.15) is 6.10 Å². The van der Waals surface area contributed by atoms with Crippen LogP contribution in [0.1, 0.15) is 18.6 Å². The van der Waals surface area contributed by atoms with E-state index in [1.807, 2.05) is 9.71 Å². The summed E-state index contributed by atoms with van der Waals surface area (Å²) in [5, 5.41) is 28.5. The number of halogens is 1. The Bertz CT molecular complexity index is 482. The molecule has 0 aliphatic carbocycles. The molecule has 0 radical (unpaired) electrons. The lowest BCUT2D eigenvalue weighted by Gasteiger charge is -2.36. The predicted molar refractivity (Wildman–Crippen MR) is 78.5 cm³/mol. The van der Waals surface area contributed by atoms with Gasteiger partial charge in [0, 0.05) is 37.9 Å². The van der Waals surface area contributed by atoms with Gasteiger partial charge in [0.2, 0.25) is 0 Å². The molecule has 21 heavy (non-hydrogen) atoms. The third-order valence-electron chi connectivity index (χ3n) is 3.78. The quantitative estimate of drug-likeness (QED) is 0.672. The minimum absolute atomic E-state index is 0.238. The van der Waals surface area contributed by atoms with Crippen molar-refractivity contribution in [3.8, 4) is 0 Å². The maximum atomic E-state index is 14.2. The van der Waals surface area contributed by atoms with Crippen molar-refractivity contribution in [3.63, 3.8) is 0 Å². The SMILES string of the molecule is CB(O)N1CCN(c2ncc([C@H](O)[C@H](C)O)cc2F)CC1. The zero-order valence-corrected chi connectivity index (χ0v) is 12.3. The van der Waals surface area contributed by atoms with Gasteiger partial charge < -0.3 is 24.9 Å². The number of hydrogen-bond donors (Lipinski definition) is 3. The van der Waals surface area contributed by atoms with Crippen LogP contribution in [0.25, 0.3) is 0 Å². The van der Waals surface area contributed by atoms with Crippen molar-refractivity contribution in [1.29, 1.82) is 0 Å². The van der Waals surface area contributed by atoms with E-state index in [1.165, 1.54) is 19.2 Å². The predicted octanol–water partition coefficient (Wildman–Crippen LogP) is -0.133. The minimum Gasteiger partial charge on any atom is -0.437 e. The molecule has 1 aromatic rings. The topological polar surface area (TPSA) is 80.1 Å². The Balaban J connectivity index is 2.08. The van der Waals surface area contributed by atoms with Gasteiger partial charge in [-0.15, -0.1) is 0 Å². The highest BCUT2D eigenvalue weighted by Gasteiger charge is 2.25. The largest absolute Gasteiger partial charge is 0.437 e. The molecular weight excluding hydrogens is 276 g/mol. The average Bonchev–Trinajstić information content (AvgIpc) is 2.46.